The number of rotatable bonds is 5. The van der Waals surface area contributed by atoms with Gasteiger partial charge in [0.05, 0.1) is 6.61 Å². The van der Waals surface area contributed by atoms with Gasteiger partial charge >= 0.3 is 11.8 Å². The number of ether oxygens (including phenoxy) is 2. The lowest BCUT2D eigenvalue weighted by atomic mass is 10.1. The van der Waals surface area contributed by atoms with Gasteiger partial charge in [0.15, 0.2) is 5.79 Å². The van der Waals surface area contributed by atoms with Gasteiger partial charge in [-0.15, -0.1) is 0 Å². The highest BCUT2D eigenvalue weighted by Gasteiger charge is 2.43. The Kier molecular flexibility index (Phi) is 5.48. The Balaban J connectivity index is 1.33. The Hall–Kier alpha value is -1.92. The smallest absolute Gasteiger partial charge is 0.309 e. The van der Waals surface area contributed by atoms with E-state index < -0.39 is 17.6 Å². The fourth-order valence-corrected chi connectivity index (χ4v) is 3.23. The van der Waals surface area contributed by atoms with E-state index in [2.05, 4.69) is 10.6 Å². The number of amides is 2. The maximum Gasteiger partial charge on any atom is 0.309 e. The summed E-state index contributed by atoms with van der Waals surface area (Å²) in [6, 6.07) is 9.82. The maximum absolute atomic E-state index is 11.8. The molecule has 6 nitrogen and oxygen atoms in total. The average Bonchev–Trinajstić information content (AvgIpc) is 3.23. The third-order valence-electron chi connectivity index (χ3n) is 4.52. The minimum absolute atomic E-state index is 0.177. The number of hydrogen-bond donors (Lipinski definition) is 2. The van der Waals surface area contributed by atoms with E-state index in [4.69, 9.17) is 9.47 Å². The first-order valence-corrected chi connectivity index (χ1v) is 8.59. The van der Waals surface area contributed by atoms with Gasteiger partial charge in [-0.3, -0.25) is 9.59 Å². The molecule has 1 heterocycles. The molecule has 1 aromatic rings. The molecule has 0 bridgehead atoms. The Morgan fingerprint density at radius 3 is 2.54 bits per heavy atom. The molecule has 1 saturated heterocycles. The SMILES string of the molecule is O=C(NCCc1ccccc1)C(=O)NC[C@@H]1COC2(CCCC2)O1. The molecular formula is C18H24N2O4. The molecule has 1 aromatic carbocycles. The normalized spacial score (nSPS) is 21.8. The van der Waals surface area contributed by atoms with Gasteiger partial charge in [-0.05, 0) is 24.8 Å². The van der Waals surface area contributed by atoms with Gasteiger partial charge in [-0.25, -0.2) is 0 Å². The van der Waals surface area contributed by atoms with Crippen LogP contribution in [0.5, 0.6) is 0 Å². The summed E-state index contributed by atoms with van der Waals surface area (Å²) in [5.74, 6) is -1.67. The fraction of sp³-hybridized carbons (Fsp3) is 0.556. The van der Waals surface area contributed by atoms with Gasteiger partial charge in [-0.2, -0.15) is 0 Å². The summed E-state index contributed by atoms with van der Waals surface area (Å²) in [4.78, 5) is 23.6. The largest absolute Gasteiger partial charge is 0.348 e. The molecule has 2 fully saturated rings. The first-order chi connectivity index (χ1) is 11.7. The highest BCUT2D eigenvalue weighted by Crippen LogP contribution is 2.38. The molecule has 3 rings (SSSR count). The molecule has 1 aliphatic heterocycles. The lowest BCUT2D eigenvalue weighted by Crippen LogP contribution is -2.44. The third-order valence-corrected chi connectivity index (χ3v) is 4.52. The predicted octanol–water partition coefficient (Wildman–Crippen LogP) is 1.15. The van der Waals surface area contributed by atoms with Crippen LogP contribution in [0.25, 0.3) is 0 Å². The molecule has 2 N–H and O–H groups in total. The lowest BCUT2D eigenvalue weighted by Gasteiger charge is -2.21. The van der Waals surface area contributed by atoms with Crippen LogP contribution in [0, 0.1) is 0 Å². The highest BCUT2D eigenvalue weighted by atomic mass is 16.7. The van der Waals surface area contributed by atoms with E-state index in [9.17, 15) is 9.59 Å². The molecule has 2 aliphatic rings. The standard InChI is InChI=1S/C18H24N2O4/c21-16(19-11-8-14-6-2-1-3-7-14)17(22)20-12-15-13-23-18(24-15)9-4-5-10-18/h1-3,6-7,15H,4-5,8-13H2,(H,19,21)(H,20,22)/t15-/m1/s1. The summed E-state index contributed by atoms with van der Waals surface area (Å²) >= 11 is 0. The van der Waals surface area contributed by atoms with Crippen LogP contribution in [-0.4, -0.2) is 43.4 Å². The second kappa shape index (κ2) is 7.77. The molecule has 1 atom stereocenters. The molecule has 6 heteroatoms. The highest BCUT2D eigenvalue weighted by molar-refractivity contribution is 6.35. The van der Waals surface area contributed by atoms with Crippen molar-refractivity contribution in [3.8, 4) is 0 Å². The summed E-state index contributed by atoms with van der Waals surface area (Å²) in [7, 11) is 0. The van der Waals surface area contributed by atoms with Gasteiger partial charge in [0.2, 0.25) is 0 Å². The molecule has 2 amide bonds. The van der Waals surface area contributed by atoms with E-state index in [0.29, 0.717) is 26.1 Å². The summed E-state index contributed by atoms with van der Waals surface area (Å²) in [6.07, 6.45) is 4.58. The van der Waals surface area contributed by atoms with Crippen molar-refractivity contribution in [1.29, 1.82) is 0 Å². The fourth-order valence-electron chi connectivity index (χ4n) is 3.23. The molecule has 0 aromatic heterocycles. The van der Waals surface area contributed by atoms with Crippen LogP contribution in [0.4, 0.5) is 0 Å². The monoisotopic (exact) mass is 332 g/mol. The summed E-state index contributed by atoms with van der Waals surface area (Å²) in [6.45, 7) is 1.20. The second-order valence-electron chi connectivity index (χ2n) is 6.37. The van der Waals surface area contributed by atoms with Crippen molar-refractivity contribution < 1.29 is 19.1 Å². The maximum atomic E-state index is 11.8. The van der Waals surface area contributed by atoms with Gasteiger partial charge in [-0.1, -0.05) is 30.3 Å². The van der Waals surface area contributed by atoms with Gasteiger partial charge in [0.1, 0.15) is 6.10 Å². The zero-order chi connectivity index (χ0) is 16.8. The molecule has 1 saturated carbocycles. The molecule has 130 valence electrons. The van der Waals surface area contributed by atoms with Crippen LogP contribution in [0.1, 0.15) is 31.2 Å². The number of carbonyl (C=O) groups is 2. The van der Waals surface area contributed by atoms with E-state index in [1.165, 1.54) is 0 Å². The third kappa shape index (κ3) is 4.33. The van der Waals surface area contributed by atoms with E-state index in [1.54, 1.807) is 0 Å². The van der Waals surface area contributed by atoms with Gasteiger partial charge in [0, 0.05) is 25.9 Å². The average molecular weight is 332 g/mol. The summed E-state index contributed by atoms with van der Waals surface area (Å²) in [5, 5.41) is 5.26. The minimum atomic E-state index is -0.626. The number of hydrogen-bond acceptors (Lipinski definition) is 4. The van der Waals surface area contributed by atoms with Crippen molar-refractivity contribution >= 4 is 11.8 Å². The van der Waals surface area contributed by atoms with Crippen LogP contribution in [-0.2, 0) is 25.5 Å². The first-order valence-electron chi connectivity index (χ1n) is 8.59. The molecule has 1 aliphatic carbocycles. The van der Waals surface area contributed by atoms with Crippen molar-refractivity contribution in [3.63, 3.8) is 0 Å². The Labute approximate surface area is 141 Å². The Morgan fingerprint density at radius 2 is 1.79 bits per heavy atom. The van der Waals surface area contributed by atoms with Crippen LogP contribution in [0.3, 0.4) is 0 Å². The van der Waals surface area contributed by atoms with Gasteiger partial charge < -0.3 is 20.1 Å². The van der Waals surface area contributed by atoms with Crippen LogP contribution in [0.15, 0.2) is 30.3 Å². The number of nitrogens with one attached hydrogen (secondary N) is 2. The lowest BCUT2D eigenvalue weighted by molar-refractivity contribution is -0.161. The second-order valence-corrected chi connectivity index (χ2v) is 6.37. The Morgan fingerprint density at radius 1 is 1.08 bits per heavy atom. The quantitative estimate of drug-likeness (QED) is 0.793. The molecule has 0 radical (unpaired) electrons. The minimum Gasteiger partial charge on any atom is -0.348 e. The molecule has 24 heavy (non-hydrogen) atoms. The van der Waals surface area contributed by atoms with E-state index >= 15 is 0 Å². The van der Waals surface area contributed by atoms with Gasteiger partial charge in [0.25, 0.3) is 0 Å². The van der Waals surface area contributed by atoms with Crippen LogP contribution in [0.2, 0.25) is 0 Å². The molecular weight excluding hydrogens is 308 g/mol. The van der Waals surface area contributed by atoms with Crippen molar-refractivity contribution in [2.24, 2.45) is 0 Å². The zero-order valence-corrected chi connectivity index (χ0v) is 13.8. The van der Waals surface area contributed by atoms with Crippen LogP contribution >= 0.6 is 0 Å². The van der Waals surface area contributed by atoms with Crippen LogP contribution < -0.4 is 10.6 Å². The van der Waals surface area contributed by atoms with Crippen molar-refractivity contribution in [1.82, 2.24) is 10.6 Å². The number of benzene rings is 1. The predicted molar refractivity (Wildman–Crippen MR) is 88.2 cm³/mol. The van der Waals surface area contributed by atoms with Crippen molar-refractivity contribution in [2.75, 3.05) is 19.7 Å². The van der Waals surface area contributed by atoms with E-state index in [1.807, 2.05) is 30.3 Å². The summed E-state index contributed by atoms with van der Waals surface area (Å²) < 4.78 is 11.7. The molecule has 1 spiro atoms. The Bertz CT molecular complexity index is 570. The topological polar surface area (TPSA) is 76.7 Å². The molecule has 0 unspecified atom stereocenters. The van der Waals surface area contributed by atoms with E-state index in [0.717, 1.165) is 31.2 Å². The first kappa shape index (κ1) is 16.9. The van der Waals surface area contributed by atoms with Crippen molar-refractivity contribution in [3.05, 3.63) is 35.9 Å². The zero-order valence-electron chi connectivity index (χ0n) is 13.8. The summed E-state index contributed by atoms with van der Waals surface area (Å²) in [5.41, 5.74) is 1.12. The number of carbonyl (C=O) groups excluding carboxylic acids is 2. The van der Waals surface area contributed by atoms with Crippen molar-refractivity contribution in [2.45, 2.75) is 44.0 Å². The van der Waals surface area contributed by atoms with E-state index in [-0.39, 0.29) is 6.10 Å².